The second-order valence-corrected chi connectivity index (χ2v) is 9.74. The van der Waals surface area contributed by atoms with E-state index in [1.165, 1.54) is 27.4 Å². The predicted molar refractivity (Wildman–Crippen MR) is 149 cm³/mol. The molecule has 0 bridgehead atoms. The normalized spacial score (nSPS) is 16.1. The minimum Gasteiger partial charge on any atom is -0.507 e. The van der Waals surface area contributed by atoms with Gasteiger partial charge in [0.2, 0.25) is 0 Å². The van der Waals surface area contributed by atoms with E-state index in [1.54, 1.807) is 50.2 Å². The molecule has 4 rings (SSSR count). The van der Waals surface area contributed by atoms with E-state index in [2.05, 4.69) is 11.6 Å². The number of nitrogens with zero attached hydrogens (tertiary/aromatic N) is 2. The fourth-order valence-corrected chi connectivity index (χ4v) is 5.41. The highest BCUT2D eigenvalue weighted by molar-refractivity contribution is 7.17. The zero-order valence-electron chi connectivity index (χ0n) is 22.6. The molecule has 10 nitrogen and oxygen atoms in total. The Bertz CT molecular complexity index is 1540. The Morgan fingerprint density at radius 1 is 1.07 bits per heavy atom. The van der Waals surface area contributed by atoms with Crippen LogP contribution in [0.4, 0.5) is 5.13 Å². The Balaban J connectivity index is 1.95. The number of rotatable bonds is 9. The van der Waals surface area contributed by atoms with E-state index in [1.807, 2.05) is 0 Å². The summed E-state index contributed by atoms with van der Waals surface area (Å²) in [5.41, 5.74) is 1.59. The molecule has 0 radical (unpaired) electrons. The summed E-state index contributed by atoms with van der Waals surface area (Å²) in [4.78, 5) is 45.5. The third-order valence-corrected chi connectivity index (χ3v) is 7.49. The maximum Gasteiger partial charge on any atom is 0.350 e. The van der Waals surface area contributed by atoms with Gasteiger partial charge in [-0.3, -0.25) is 14.5 Å². The van der Waals surface area contributed by atoms with Crippen molar-refractivity contribution in [2.24, 2.45) is 0 Å². The summed E-state index contributed by atoms with van der Waals surface area (Å²) in [6.45, 7) is 6.93. The largest absolute Gasteiger partial charge is 0.507 e. The van der Waals surface area contributed by atoms with Crippen molar-refractivity contribution in [1.82, 2.24) is 4.98 Å². The molecule has 1 aliphatic rings. The predicted octanol–water partition coefficient (Wildman–Crippen LogP) is 4.75. The summed E-state index contributed by atoms with van der Waals surface area (Å²) in [5.74, 6) is -1.46. The third kappa shape index (κ3) is 5.03. The number of hydrogen-bond donors (Lipinski definition) is 1. The highest BCUT2D eigenvalue weighted by Crippen LogP contribution is 2.47. The molecular weight excluding hydrogens is 536 g/mol. The zero-order valence-corrected chi connectivity index (χ0v) is 23.5. The van der Waals surface area contributed by atoms with Crippen molar-refractivity contribution in [3.8, 4) is 17.2 Å². The van der Waals surface area contributed by atoms with Gasteiger partial charge < -0.3 is 24.1 Å². The van der Waals surface area contributed by atoms with E-state index in [9.17, 15) is 19.5 Å². The monoisotopic (exact) mass is 564 g/mol. The van der Waals surface area contributed by atoms with Crippen LogP contribution in [0.15, 0.2) is 54.6 Å². The van der Waals surface area contributed by atoms with E-state index >= 15 is 0 Å². The van der Waals surface area contributed by atoms with Gasteiger partial charge in [-0.25, -0.2) is 9.78 Å². The summed E-state index contributed by atoms with van der Waals surface area (Å²) in [6.07, 6.45) is 1.44. The van der Waals surface area contributed by atoms with Crippen molar-refractivity contribution in [2.45, 2.75) is 19.9 Å². The Hall–Kier alpha value is -4.64. The van der Waals surface area contributed by atoms with Crippen molar-refractivity contribution in [2.75, 3.05) is 32.8 Å². The molecule has 1 N–H and O–H groups in total. The smallest absolute Gasteiger partial charge is 0.350 e. The third-order valence-electron chi connectivity index (χ3n) is 6.36. The van der Waals surface area contributed by atoms with Gasteiger partial charge in [0.1, 0.15) is 40.5 Å². The first kappa shape index (κ1) is 28.4. The fourth-order valence-electron chi connectivity index (χ4n) is 4.42. The van der Waals surface area contributed by atoms with Crippen LogP contribution in [0.2, 0.25) is 0 Å². The standard InChI is InChI=1S/C29H28N2O8S/c1-7-12-39-28(35)26-16(3)30-29(40-26)31-23(19-10-9-18(36-4)14-21(19)38-6)22(25(33)27(31)34)24(32)17-8-11-20(37-5)15(2)13-17/h7-11,13-14,23,32H,1,12H2,2-6H3/t23-/m0/s1. The highest BCUT2D eigenvalue weighted by Gasteiger charge is 2.49. The number of anilines is 1. The minimum absolute atomic E-state index is 0.000343. The number of amides is 1. The van der Waals surface area contributed by atoms with Crippen LogP contribution in [-0.2, 0) is 14.3 Å². The molecule has 1 aromatic heterocycles. The number of carbonyl (C=O) groups excluding carboxylic acids is 3. The average molecular weight is 565 g/mol. The number of aliphatic hydroxyl groups is 1. The van der Waals surface area contributed by atoms with Gasteiger partial charge in [-0.05, 0) is 49.7 Å². The number of carbonyl (C=O) groups is 3. The molecule has 0 spiro atoms. The van der Waals surface area contributed by atoms with Crippen molar-refractivity contribution >= 4 is 39.9 Å². The maximum atomic E-state index is 13.6. The number of Topliss-reactive ketones (excluding diaryl/α,β-unsaturated/α-hetero) is 1. The molecule has 40 heavy (non-hydrogen) atoms. The van der Waals surface area contributed by atoms with Crippen molar-refractivity contribution in [3.05, 3.63) is 81.9 Å². The van der Waals surface area contributed by atoms with E-state index in [0.717, 1.165) is 21.8 Å². The minimum atomic E-state index is -1.13. The number of esters is 1. The number of thiazole rings is 1. The molecule has 1 amide bonds. The summed E-state index contributed by atoms with van der Waals surface area (Å²) in [5, 5.41) is 11.6. The van der Waals surface area contributed by atoms with Gasteiger partial charge >= 0.3 is 11.9 Å². The Morgan fingerprint density at radius 2 is 1.80 bits per heavy atom. The Morgan fingerprint density at radius 3 is 2.42 bits per heavy atom. The number of hydrogen-bond acceptors (Lipinski definition) is 10. The van der Waals surface area contributed by atoms with Crippen LogP contribution < -0.4 is 19.1 Å². The second kappa shape index (κ2) is 11.6. The molecule has 208 valence electrons. The van der Waals surface area contributed by atoms with Gasteiger partial charge in [-0.1, -0.05) is 24.0 Å². The maximum absolute atomic E-state index is 13.6. The fraction of sp³-hybridized carbons (Fsp3) is 0.241. The lowest BCUT2D eigenvalue weighted by molar-refractivity contribution is -0.132. The summed E-state index contributed by atoms with van der Waals surface area (Å²) < 4.78 is 21.4. The van der Waals surface area contributed by atoms with E-state index in [4.69, 9.17) is 18.9 Å². The summed E-state index contributed by atoms with van der Waals surface area (Å²) in [7, 11) is 4.47. The first-order valence-electron chi connectivity index (χ1n) is 12.1. The summed E-state index contributed by atoms with van der Waals surface area (Å²) >= 11 is 0.904. The average Bonchev–Trinajstić information content (AvgIpc) is 3.46. The Kier molecular flexibility index (Phi) is 8.24. The number of aromatic nitrogens is 1. The van der Waals surface area contributed by atoms with Gasteiger partial charge in [0.15, 0.2) is 5.13 Å². The molecule has 2 heterocycles. The number of aliphatic hydroxyl groups excluding tert-OH is 1. The quantitative estimate of drug-likeness (QED) is 0.129. The molecule has 0 saturated carbocycles. The SMILES string of the molecule is C=CCOC(=O)c1sc(N2C(=O)C(=O)C(=C(O)c3ccc(OC)c(C)c3)[C@@H]2c2ccc(OC)cc2OC)nc1C. The van der Waals surface area contributed by atoms with Crippen molar-refractivity contribution in [1.29, 1.82) is 0 Å². The van der Waals surface area contributed by atoms with Crippen LogP contribution in [0.25, 0.3) is 5.76 Å². The lowest BCUT2D eigenvalue weighted by Gasteiger charge is -2.25. The van der Waals surface area contributed by atoms with Gasteiger partial charge in [0, 0.05) is 17.2 Å². The number of ketones is 1. The number of aryl methyl sites for hydroxylation is 2. The van der Waals surface area contributed by atoms with Gasteiger partial charge in [0.25, 0.3) is 5.78 Å². The number of ether oxygens (including phenoxy) is 4. The number of benzene rings is 2. The van der Waals surface area contributed by atoms with Crippen LogP contribution in [-0.4, -0.2) is 55.7 Å². The molecule has 1 saturated heterocycles. The molecular formula is C29H28N2O8S. The van der Waals surface area contributed by atoms with Crippen molar-refractivity contribution < 1.29 is 38.4 Å². The lowest BCUT2D eigenvalue weighted by atomic mass is 9.94. The van der Waals surface area contributed by atoms with E-state index in [0.29, 0.717) is 34.1 Å². The first-order chi connectivity index (χ1) is 19.2. The van der Waals surface area contributed by atoms with E-state index < -0.39 is 23.7 Å². The Labute approximate surface area is 235 Å². The second-order valence-electron chi connectivity index (χ2n) is 8.76. The summed E-state index contributed by atoms with van der Waals surface area (Å²) in [6, 6.07) is 8.69. The van der Waals surface area contributed by atoms with Gasteiger partial charge in [0.05, 0.1) is 32.6 Å². The molecule has 3 aromatic rings. The van der Waals surface area contributed by atoms with Crippen LogP contribution in [0.3, 0.4) is 0 Å². The molecule has 1 fully saturated rings. The topological polar surface area (TPSA) is 124 Å². The zero-order chi connectivity index (χ0) is 29.1. The molecule has 11 heteroatoms. The molecule has 0 aliphatic carbocycles. The molecule has 1 atom stereocenters. The van der Waals surface area contributed by atoms with E-state index in [-0.39, 0.29) is 27.9 Å². The van der Waals surface area contributed by atoms with Crippen LogP contribution >= 0.6 is 11.3 Å². The first-order valence-corrected chi connectivity index (χ1v) is 12.9. The number of methoxy groups -OCH3 is 3. The van der Waals surface area contributed by atoms with Crippen LogP contribution in [0.5, 0.6) is 17.2 Å². The lowest BCUT2D eigenvalue weighted by Crippen LogP contribution is -2.29. The van der Waals surface area contributed by atoms with Crippen molar-refractivity contribution in [3.63, 3.8) is 0 Å². The van der Waals surface area contributed by atoms with Gasteiger partial charge in [-0.2, -0.15) is 0 Å². The van der Waals surface area contributed by atoms with Crippen LogP contribution in [0.1, 0.15) is 38.1 Å². The molecule has 1 aliphatic heterocycles. The molecule has 0 unspecified atom stereocenters. The highest BCUT2D eigenvalue weighted by atomic mass is 32.1. The van der Waals surface area contributed by atoms with Crippen LogP contribution in [0, 0.1) is 13.8 Å². The molecule has 2 aromatic carbocycles. The van der Waals surface area contributed by atoms with Gasteiger partial charge in [-0.15, -0.1) is 0 Å².